The molecule has 26 heavy (non-hydrogen) atoms. The van der Waals surface area contributed by atoms with E-state index in [0.29, 0.717) is 38.7 Å². The largest absolute Gasteiger partial charge is 0.481 e. The summed E-state index contributed by atoms with van der Waals surface area (Å²) in [5.74, 6) is 23.5. The average Bonchev–Trinajstić information content (AvgIpc) is 2.61. The third kappa shape index (κ3) is 12.2. The second-order valence-electron chi connectivity index (χ2n) is 5.30. The van der Waals surface area contributed by atoms with Gasteiger partial charge in [0.2, 0.25) is 0 Å². The summed E-state index contributed by atoms with van der Waals surface area (Å²) < 4.78 is 5.52. The van der Waals surface area contributed by atoms with Gasteiger partial charge in [-0.05, 0) is 31.0 Å². The van der Waals surface area contributed by atoms with Crippen molar-refractivity contribution in [3.63, 3.8) is 0 Å². The molecule has 0 aliphatic rings. The molecule has 3 heteroatoms. The maximum absolute atomic E-state index is 10.3. The summed E-state index contributed by atoms with van der Waals surface area (Å²) in [4.78, 5) is 10.3. The molecule has 132 valence electrons. The molecule has 0 aliphatic carbocycles. The standard InChI is InChI=1S/C23H22O3/c1-21-16-15-17-22(20-21)26-19-14-12-10-8-6-4-2-3-5-7-9-11-13-18-23(24)25/h15-17,20H,4-5,10-11,13,18-19H2,1H3,(H,24,25). The van der Waals surface area contributed by atoms with E-state index in [2.05, 4.69) is 47.4 Å². The third-order valence-corrected chi connectivity index (χ3v) is 3.02. The molecule has 0 atom stereocenters. The highest BCUT2D eigenvalue weighted by atomic mass is 16.5. The highest BCUT2D eigenvalue weighted by Gasteiger charge is 1.92. The van der Waals surface area contributed by atoms with Crippen LogP contribution < -0.4 is 4.74 Å². The summed E-state index contributed by atoms with van der Waals surface area (Å²) in [5, 5.41) is 8.48. The summed E-state index contributed by atoms with van der Waals surface area (Å²) in [6, 6.07) is 7.86. The lowest BCUT2D eigenvalue weighted by molar-refractivity contribution is -0.137. The van der Waals surface area contributed by atoms with Crippen LogP contribution in [0.2, 0.25) is 0 Å². The number of carbonyl (C=O) groups is 1. The first-order chi connectivity index (χ1) is 12.7. The van der Waals surface area contributed by atoms with Gasteiger partial charge in [0, 0.05) is 12.8 Å². The number of carboxylic acids is 1. The van der Waals surface area contributed by atoms with Crippen LogP contribution >= 0.6 is 0 Å². The van der Waals surface area contributed by atoms with Crippen molar-refractivity contribution < 1.29 is 14.6 Å². The molecule has 0 aromatic heterocycles. The van der Waals surface area contributed by atoms with Gasteiger partial charge < -0.3 is 9.84 Å². The van der Waals surface area contributed by atoms with Gasteiger partial charge >= 0.3 is 5.97 Å². The van der Waals surface area contributed by atoms with Crippen molar-refractivity contribution in [2.24, 2.45) is 0 Å². The molecule has 0 aliphatic heterocycles. The molecule has 0 radical (unpaired) electrons. The van der Waals surface area contributed by atoms with Crippen molar-refractivity contribution in [1.29, 1.82) is 0 Å². The van der Waals surface area contributed by atoms with Crippen molar-refractivity contribution in [3.8, 4) is 53.1 Å². The van der Waals surface area contributed by atoms with E-state index in [9.17, 15) is 4.79 Å². The van der Waals surface area contributed by atoms with Gasteiger partial charge in [-0.2, -0.15) is 0 Å². The summed E-state index contributed by atoms with van der Waals surface area (Å²) in [6.07, 6.45) is 2.84. The summed E-state index contributed by atoms with van der Waals surface area (Å²) >= 11 is 0. The van der Waals surface area contributed by atoms with Crippen LogP contribution in [0.3, 0.4) is 0 Å². The third-order valence-electron chi connectivity index (χ3n) is 3.02. The number of ether oxygens (including phenoxy) is 1. The molecule has 0 fully saturated rings. The fraction of sp³-hybridized carbons (Fsp3) is 0.348. The Labute approximate surface area is 156 Å². The smallest absolute Gasteiger partial charge is 0.303 e. The van der Waals surface area contributed by atoms with Crippen LogP contribution in [0.5, 0.6) is 5.75 Å². The van der Waals surface area contributed by atoms with Gasteiger partial charge in [-0.3, -0.25) is 4.79 Å². The number of rotatable bonds is 5. The zero-order valence-corrected chi connectivity index (χ0v) is 15.0. The number of hydrogen-bond donors (Lipinski definition) is 1. The van der Waals surface area contributed by atoms with Crippen LogP contribution in [0, 0.1) is 54.3 Å². The number of hydrogen-bond acceptors (Lipinski definition) is 2. The van der Waals surface area contributed by atoms with E-state index < -0.39 is 5.97 Å². The van der Waals surface area contributed by atoms with Crippen LogP contribution in [0.1, 0.15) is 44.1 Å². The normalized spacial score (nSPS) is 8.35. The highest BCUT2D eigenvalue weighted by Crippen LogP contribution is 2.11. The lowest BCUT2D eigenvalue weighted by atomic mass is 10.2. The molecule has 1 rings (SSSR count). The van der Waals surface area contributed by atoms with E-state index in [1.54, 1.807) is 0 Å². The van der Waals surface area contributed by atoms with Crippen molar-refractivity contribution in [3.05, 3.63) is 29.8 Å². The van der Waals surface area contributed by atoms with E-state index in [-0.39, 0.29) is 6.42 Å². The molecule has 0 heterocycles. The van der Waals surface area contributed by atoms with Gasteiger partial charge in [0.05, 0.1) is 19.3 Å². The zero-order chi connectivity index (χ0) is 18.9. The molecule has 0 unspecified atom stereocenters. The van der Waals surface area contributed by atoms with Crippen LogP contribution in [0.25, 0.3) is 0 Å². The Morgan fingerprint density at radius 2 is 1.58 bits per heavy atom. The van der Waals surface area contributed by atoms with Crippen LogP contribution in [0.4, 0.5) is 0 Å². The minimum atomic E-state index is -0.784. The molecule has 0 bridgehead atoms. The number of carboxylic acid groups (broad SMARTS) is 1. The molecule has 1 aromatic rings. The van der Waals surface area contributed by atoms with Crippen LogP contribution in [-0.4, -0.2) is 17.7 Å². The van der Waals surface area contributed by atoms with Crippen molar-refractivity contribution in [1.82, 2.24) is 0 Å². The minimum absolute atomic E-state index is 0.164. The Morgan fingerprint density at radius 1 is 0.962 bits per heavy atom. The molecule has 1 N–H and O–H groups in total. The van der Waals surface area contributed by atoms with E-state index in [0.717, 1.165) is 11.3 Å². The highest BCUT2D eigenvalue weighted by molar-refractivity contribution is 5.66. The van der Waals surface area contributed by atoms with Crippen LogP contribution in [-0.2, 0) is 4.79 Å². The van der Waals surface area contributed by atoms with E-state index >= 15 is 0 Å². The predicted molar refractivity (Wildman–Crippen MR) is 103 cm³/mol. The monoisotopic (exact) mass is 346 g/mol. The molecule has 0 saturated carbocycles. The topological polar surface area (TPSA) is 46.5 Å². The summed E-state index contributed by atoms with van der Waals surface area (Å²) in [6.45, 7) is 2.38. The van der Waals surface area contributed by atoms with Gasteiger partial charge in [0.15, 0.2) is 0 Å². The zero-order valence-electron chi connectivity index (χ0n) is 15.0. The fourth-order valence-electron chi connectivity index (χ4n) is 1.80. The maximum Gasteiger partial charge on any atom is 0.303 e. The number of benzene rings is 1. The van der Waals surface area contributed by atoms with E-state index in [1.165, 1.54) is 0 Å². The average molecular weight is 346 g/mol. The molecular formula is C23H22O3. The molecule has 0 saturated heterocycles. The quantitative estimate of drug-likeness (QED) is 0.651. The van der Waals surface area contributed by atoms with Crippen molar-refractivity contribution >= 4 is 5.97 Å². The van der Waals surface area contributed by atoms with Gasteiger partial charge in [-0.1, -0.05) is 53.6 Å². The first kappa shape index (κ1) is 20.8. The molecule has 0 spiro atoms. The number of unbranched alkanes of at least 4 members (excludes halogenated alkanes) is 1. The Bertz CT molecular complexity index is 821. The Hall–Kier alpha value is -3.27. The van der Waals surface area contributed by atoms with Gasteiger partial charge in [-0.25, -0.2) is 0 Å². The minimum Gasteiger partial charge on any atom is -0.481 e. The van der Waals surface area contributed by atoms with Gasteiger partial charge in [-0.15, -0.1) is 5.92 Å². The van der Waals surface area contributed by atoms with Crippen molar-refractivity contribution in [2.75, 3.05) is 6.61 Å². The molecule has 3 nitrogen and oxygen atoms in total. The lowest BCUT2D eigenvalue weighted by Gasteiger charge is -2.01. The van der Waals surface area contributed by atoms with Gasteiger partial charge in [0.25, 0.3) is 0 Å². The molecule has 0 amide bonds. The second kappa shape index (κ2) is 14.1. The Balaban J connectivity index is 2.09. The van der Waals surface area contributed by atoms with E-state index in [1.807, 2.05) is 31.2 Å². The Kier molecular flexibility index (Phi) is 11.3. The van der Waals surface area contributed by atoms with Crippen LogP contribution in [0.15, 0.2) is 24.3 Å². The lowest BCUT2D eigenvalue weighted by Crippen LogP contribution is -1.93. The number of aliphatic carboxylic acids is 1. The Morgan fingerprint density at radius 3 is 2.19 bits per heavy atom. The molecular weight excluding hydrogens is 324 g/mol. The summed E-state index contributed by atoms with van der Waals surface area (Å²) in [5.41, 5.74) is 1.16. The second-order valence-corrected chi connectivity index (χ2v) is 5.30. The first-order valence-electron chi connectivity index (χ1n) is 8.42. The number of aryl methyl sites for hydroxylation is 1. The molecule has 1 aromatic carbocycles. The SMILES string of the molecule is Cc1cccc(OCC#CCC#CCC#CCC#CCCCC(=O)O)c1. The van der Waals surface area contributed by atoms with Gasteiger partial charge in [0.1, 0.15) is 12.4 Å². The van der Waals surface area contributed by atoms with Crippen molar-refractivity contribution in [2.45, 2.75) is 45.4 Å². The van der Waals surface area contributed by atoms with E-state index in [4.69, 9.17) is 9.84 Å². The fourth-order valence-corrected chi connectivity index (χ4v) is 1.80. The predicted octanol–water partition coefficient (Wildman–Crippen LogP) is 3.81. The summed E-state index contributed by atoms with van der Waals surface area (Å²) in [7, 11) is 0. The first-order valence-corrected chi connectivity index (χ1v) is 8.42. The maximum atomic E-state index is 10.3.